The Morgan fingerprint density at radius 3 is 2.74 bits per heavy atom. The van der Waals surface area contributed by atoms with Gasteiger partial charge in [-0.3, -0.25) is 9.59 Å². The molecule has 5 fully saturated rings. The molecular weight excluding hydrogens is 442 g/mol. The van der Waals surface area contributed by atoms with E-state index in [2.05, 4.69) is 31.3 Å². The van der Waals surface area contributed by atoms with Crippen LogP contribution in [0.25, 0.3) is 11.6 Å². The molecule has 3 atom stereocenters. The molecule has 2 bridgehead atoms. The Labute approximate surface area is 204 Å². The number of hydrogen-bond donors (Lipinski definition) is 1. The number of nitrogens with zero attached hydrogens (tertiary/aromatic N) is 2. The van der Waals surface area contributed by atoms with Gasteiger partial charge >= 0.3 is 0 Å². The predicted octanol–water partition coefficient (Wildman–Crippen LogP) is 3.67. The highest BCUT2D eigenvalue weighted by atomic mass is 16.5. The van der Waals surface area contributed by atoms with E-state index in [-0.39, 0.29) is 23.3 Å². The number of benzene rings is 1. The second-order valence-electron chi connectivity index (χ2n) is 12.2. The van der Waals surface area contributed by atoms with Crippen molar-refractivity contribution >= 4 is 34.9 Å². The molecule has 0 aromatic heterocycles. The molecule has 1 saturated carbocycles. The molecular formula is C28H29N3O4. The van der Waals surface area contributed by atoms with E-state index >= 15 is 0 Å². The van der Waals surface area contributed by atoms with Crippen LogP contribution in [0, 0.1) is 16.5 Å². The summed E-state index contributed by atoms with van der Waals surface area (Å²) in [5.41, 5.74) is 0.973. The molecule has 1 aromatic rings. The largest absolute Gasteiger partial charge is 0.618 e. The fraction of sp³-hybridized carbons (Fsp3) is 0.536. The van der Waals surface area contributed by atoms with Gasteiger partial charge in [-0.25, -0.2) is 0 Å². The quantitative estimate of drug-likeness (QED) is 0.462. The number of carbonyl (C=O) groups is 2. The summed E-state index contributed by atoms with van der Waals surface area (Å²) in [7, 11) is 0. The zero-order valence-electron chi connectivity index (χ0n) is 20.1. The third-order valence-electron chi connectivity index (χ3n) is 10.2. The molecule has 8 aliphatic rings. The predicted molar refractivity (Wildman–Crippen MR) is 130 cm³/mol. The molecule has 1 aromatic carbocycles. The number of nitrogens with one attached hydrogen (secondary N) is 1. The minimum absolute atomic E-state index is 0.0132. The summed E-state index contributed by atoms with van der Waals surface area (Å²) in [6.45, 7) is 4.77. The Balaban J connectivity index is 1.35. The Morgan fingerprint density at radius 2 is 1.94 bits per heavy atom. The Hall–Kier alpha value is -3.09. The molecule has 2 aliphatic carbocycles. The molecule has 1 N–H and O–H groups in total. The molecule has 0 radical (unpaired) electrons. The van der Waals surface area contributed by atoms with Crippen molar-refractivity contribution < 1.29 is 19.1 Å². The van der Waals surface area contributed by atoms with E-state index in [0.29, 0.717) is 30.8 Å². The molecule has 7 heteroatoms. The van der Waals surface area contributed by atoms with Crippen LogP contribution in [0.3, 0.4) is 0 Å². The van der Waals surface area contributed by atoms with Crippen molar-refractivity contribution in [2.45, 2.75) is 75.5 Å². The fourth-order valence-corrected chi connectivity index (χ4v) is 8.56. The molecule has 35 heavy (non-hydrogen) atoms. The Bertz CT molecular complexity index is 1360. The van der Waals surface area contributed by atoms with E-state index in [9.17, 15) is 14.8 Å². The molecule has 6 heterocycles. The van der Waals surface area contributed by atoms with Crippen molar-refractivity contribution in [3.63, 3.8) is 0 Å². The first kappa shape index (κ1) is 20.1. The van der Waals surface area contributed by atoms with Crippen molar-refractivity contribution in [3.05, 3.63) is 40.6 Å². The number of amides is 2. The second kappa shape index (κ2) is 5.82. The summed E-state index contributed by atoms with van der Waals surface area (Å²) in [4.78, 5) is 29.1. The lowest BCUT2D eigenvalue weighted by Gasteiger charge is -2.62. The van der Waals surface area contributed by atoms with E-state index in [1.54, 1.807) is 0 Å². The van der Waals surface area contributed by atoms with Gasteiger partial charge in [-0.15, -0.1) is 0 Å². The van der Waals surface area contributed by atoms with E-state index in [4.69, 9.17) is 4.74 Å². The summed E-state index contributed by atoms with van der Waals surface area (Å²) >= 11 is 0. The highest BCUT2D eigenvalue weighted by Gasteiger charge is 2.74. The maximum atomic E-state index is 14.0. The van der Waals surface area contributed by atoms with Gasteiger partial charge in [-0.1, -0.05) is 0 Å². The van der Waals surface area contributed by atoms with Gasteiger partial charge in [0, 0.05) is 12.5 Å². The zero-order valence-corrected chi connectivity index (χ0v) is 20.1. The third kappa shape index (κ3) is 2.06. The van der Waals surface area contributed by atoms with E-state index in [1.807, 2.05) is 23.1 Å². The number of rotatable bonds is 0. The van der Waals surface area contributed by atoms with Crippen LogP contribution in [-0.2, 0) is 9.59 Å². The van der Waals surface area contributed by atoms with Crippen molar-refractivity contribution in [1.29, 1.82) is 0 Å². The summed E-state index contributed by atoms with van der Waals surface area (Å²) in [5, 5.41) is 17.2. The van der Waals surface area contributed by atoms with Crippen LogP contribution in [0.2, 0.25) is 0 Å². The first-order valence-corrected chi connectivity index (χ1v) is 13.0. The van der Waals surface area contributed by atoms with Crippen LogP contribution in [0.1, 0.15) is 69.9 Å². The standard InChI is InChI=1S/C28H29N3O4/c1-25(2)20-15-27-11-5-13-30(27)24(33)28(20,29-23(27)32)14-18-16-6-7-19-17(21(16)31(34)22(18)25)8-12-26(35-19)9-3-4-10-26/h6-8,12,14,20H,3-5,9-11,13,15H2,1-2H3,(H,29,32)/t20?,27?,28-/m0/s1. The SMILES string of the molecule is CC1(C)C2=[N+]([O-])c3c(ccc4c3C=CC3(CCCC3)O4)C2=C[C@@]23NC(=O)C4(CCCN4C2=O)CC13. The van der Waals surface area contributed by atoms with Gasteiger partial charge in [0.15, 0.2) is 0 Å². The lowest BCUT2D eigenvalue weighted by atomic mass is 9.51. The first-order chi connectivity index (χ1) is 16.7. The highest BCUT2D eigenvalue weighted by molar-refractivity contribution is 6.30. The van der Waals surface area contributed by atoms with Gasteiger partial charge in [0.2, 0.25) is 17.3 Å². The Morgan fingerprint density at radius 1 is 1.14 bits per heavy atom. The Kier molecular flexibility index (Phi) is 3.35. The van der Waals surface area contributed by atoms with Gasteiger partial charge in [-0.2, -0.15) is 4.74 Å². The highest BCUT2D eigenvalue weighted by Crippen LogP contribution is 2.61. The summed E-state index contributed by atoms with van der Waals surface area (Å²) < 4.78 is 7.57. The molecule has 2 amide bonds. The maximum Gasteiger partial charge on any atom is 0.253 e. The lowest BCUT2D eigenvalue weighted by Crippen LogP contribution is -2.83. The summed E-state index contributed by atoms with van der Waals surface area (Å²) in [6, 6.07) is 3.94. The second-order valence-corrected chi connectivity index (χ2v) is 12.2. The fourth-order valence-electron chi connectivity index (χ4n) is 8.56. The maximum absolute atomic E-state index is 14.0. The van der Waals surface area contributed by atoms with Crippen LogP contribution in [0.15, 0.2) is 24.3 Å². The third-order valence-corrected chi connectivity index (χ3v) is 10.2. The van der Waals surface area contributed by atoms with Gasteiger partial charge in [0.1, 0.15) is 22.4 Å². The average Bonchev–Trinajstić information content (AvgIpc) is 3.53. The van der Waals surface area contributed by atoms with E-state index < -0.39 is 16.5 Å². The number of fused-ring (bicyclic) bond motifs is 6. The average molecular weight is 472 g/mol. The summed E-state index contributed by atoms with van der Waals surface area (Å²) in [6.07, 6.45) is 12.6. The van der Waals surface area contributed by atoms with Crippen molar-refractivity contribution in [2.24, 2.45) is 11.3 Å². The number of allylic oxidation sites excluding steroid dienone is 1. The van der Waals surface area contributed by atoms with Gasteiger partial charge < -0.3 is 20.2 Å². The first-order valence-electron chi connectivity index (χ1n) is 13.0. The molecule has 2 unspecified atom stereocenters. The molecule has 6 aliphatic heterocycles. The number of hydrogen-bond acceptors (Lipinski definition) is 4. The smallest absolute Gasteiger partial charge is 0.253 e. The van der Waals surface area contributed by atoms with Crippen LogP contribution < -0.4 is 10.1 Å². The van der Waals surface area contributed by atoms with Crippen molar-refractivity contribution in [2.75, 3.05) is 6.54 Å². The molecule has 180 valence electrons. The molecule has 4 saturated heterocycles. The van der Waals surface area contributed by atoms with Crippen molar-refractivity contribution in [1.82, 2.24) is 10.2 Å². The number of piperazine rings is 1. The summed E-state index contributed by atoms with van der Waals surface area (Å²) in [5.74, 6) is 0.527. The molecule has 9 rings (SSSR count). The minimum atomic E-state index is -1.11. The van der Waals surface area contributed by atoms with Gasteiger partial charge in [-0.05, 0) is 89.2 Å². The van der Waals surface area contributed by atoms with Crippen LogP contribution in [0.4, 0.5) is 5.69 Å². The normalized spacial score (nSPS) is 36.3. The number of ether oxygens (including phenoxy) is 1. The topological polar surface area (TPSA) is 84.7 Å². The minimum Gasteiger partial charge on any atom is -0.618 e. The van der Waals surface area contributed by atoms with Crippen LogP contribution in [-0.4, -0.2) is 50.4 Å². The van der Waals surface area contributed by atoms with E-state index in [0.717, 1.165) is 59.3 Å². The van der Waals surface area contributed by atoms with Crippen molar-refractivity contribution in [3.8, 4) is 5.75 Å². The number of carbonyl (C=O) groups excluding carboxylic acids is 2. The van der Waals surface area contributed by atoms with Gasteiger partial charge in [0.05, 0.1) is 22.1 Å². The van der Waals surface area contributed by atoms with Crippen LogP contribution in [0.5, 0.6) is 5.75 Å². The van der Waals surface area contributed by atoms with E-state index in [1.165, 1.54) is 0 Å². The molecule has 3 spiro atoms. The molecule has 7 nitrogen and oxygen atoms in total. The lowest BCUT2D eigenvalue weighted by molar-refractivity contribution is -0.362. The zero-order chi connectivity index (χ0) is 24.0. The monoisotopic (exact) mass is 471 g/mol. The van der Waals surface area contributed by atoms with Crippen LogP contribution >= 0.6 is 0 Å². The number of piperidine rings is 2. The van der Waals surface area contributed by atoms with Gasteiger partial charge in [0.25, 0.3) is 5.91 Å².